The van der Waals surface area contributed by atoms with Crippen molar-refractivity contribution in [3.63, 3.8) is 0 Å². The zero-order chi connectivity index (χ0) is 19.0. The number of aliphatic hydroxyl groups excluding tert-OH is 1. The van der Waals surface area contributed by atoms with Crippen LogP contribution in [0.4, 0.5) is 0 Å². The Bertz CT molecular complexity index is 749. The van der Waals surface area contributed by atoms with Crippen molar-refractivity contribution in [2.75, 3.05) is 13.1 Å². The molecule has 0 fully saturated rings. The zero-order valence-corrected chi connectivity index (χ0v) is 16.1. The van der Waals surface area contributed by atoms with Crippen molar-refractivity contribution in [3.05, 3.63) is 66.2 Å². The molecule has 0 unspecified atom stereocenters. The molecule has 0 bridgehead atoms. The lowest BCUT2D eigenvalue weighted by molar-refractivity contribution is 0.165. The topological polar surface area (TPSA) is 78.4 Å². The molecular weight excluding hydrogens is 348 g/mol. The summed E-state index contributed by atoms with van der Waals surface area (Å²) in [6, 6.07) is 18.3. The lowest BCUT2D eigenvalue weighted by Gasteiger charge is -2.24. The van der Waals surface area contributed by atoms with Gasteiger partial charge in [0.1, 0.15) is 5.37 Å². The number of hydrogen-bond donors (Lipinski definition) is 3. The van der Waals surface area contributed by atoms with Gasteiger partial charge in [-0.05, 0) is 23.6 Å². The fraction of sp³-hybridized carbons (Fsp3) is 0.400. The Kier molecular flexibility index (Phi) is 7.78. The highest BCUT2D eigenvalue weighted by atomic mass is 32.2. The highest BCUT2D eigenvalue weighted by Crippen LogP contribution is 2.19. The molecule has 0 radical (unpaired) electrons. The predicted octanol–water partition coefficient (Wildman–Crippen LogP) is 2.18. The molecule has 0 heterocycles. The Hall–Kier alpha value is -1.73. The monoisotopic (exact) mass is 376 g/mol. The second kappa shape index (κ2) is 9.83. The van der Waals surface area contributed by atoms with Gasteiger partial charge in [-0.25, -0.2) is 8.42 Å². The number of benzene rings is 2. The van der Waals surface area contributed by atoms with Gasteiger partial charge in [0.15, 0.2) is 9.84 Å². The molecule has 0 saturated carbocycles. The molecule has 0 aliphatic heterocycles. The Labute approximate surface area is 156 Å². The van der Waals surface area contributed by atoms with E-state index in [0.29, 0.717) is 18.0 Å². The summed E-state index contributed by atoms with van der Waals surface area (Å²) >= 11 is 0. The summed E-state index contributed by atoms with van der Waals surface area (Å²) in [5, 5.41) is 15.6. The first-order chi connectivity index (χ1) is 12.4. The number of hydrogen-bond acceptors (Lipinski definition) is 5. The van der Waals surface area contributed by atoms with Crippen LogP contribution in [0.2, 0.25) is 0 Å². The molecule has 2 aromatic carbocycles. The Morgan fingerprint density at radius 2 is 1.50 bits per heavy atom. The van der Waals surface area contributed by atoms with Crippen LogP contribution in [0.25, 0.3) is 0 Å². The summed E-state index contributed by atoms with van der Waals surface area (Å²) in [5.41, 5.74) is 1.14. The number of aliphatic hydroxyl groups is 1. The molecule has 5 nitrogen and oxygen atoms in total. The van der Waals surface area contributed by atoms with Crippen molar-refractivity contribution in [1.82, 2.24) is 10.6 Å². The van der Waals surface area contributed by atoms with Crippen LogP contribution in [0.1, 0.15) is 19.4 Å². The van der Waals surface area contributed by atoms with Crippen molar-refractivity contribution in [2.45, 2.75) is 36.8 Å². The molecule has 3 N–H and O–H groups in total. The van der Waals surface area contributed by atoms with Gasteiger partial charge in [0.2, 0.25) is 0 Å². The molecule has 2 aromatic rings. The first-order valence-corrected chi connectivity index (χ1v) is 10.4. The van der Waals surface area contributed by atoms with E-state index in [-0.39, 0.29) is 12.5 Å². The van der Waals surface area contributed by atoms with E-state index in [1.54, 1.807) is 30.3 Å². The summed E-state index contributed by atoms with van der Waals surface area (Å²) in [7, 11) is -3.50. The molecule has 0 aliphatic rings. The lowest BCUT2D eigenvalue weighted by atomic mass is 10.2. The zero-order valence-electron chi connectivity index (χ0n) is 15.3. The Morgan fingerprint density at radius 3 is 2.08 bits per heavy atom. The second-order valence-corrected chi connectivity index (χ2v) is 8.77. The van der Waals surface area contributed by atoms with E-state index in [1.807, 2.05) is 44.2 Å². The molecular formula is C20H28N2O3S. The molecule has 0 saturated heterocycles. The van der Waals surface area contributed by atoms with Crippen LogP contribution in [-0.2, 0) is 16.4 Å². The molecule has 142 valence electrons. The van der Waals surface area contributed by atoms with Crippen molar-refractivity contribution >= 4 is 9.84 Å². The molecule has 6 heteroatoms. The standard InChI is InChI=1S/C20H28N2O3S/c1-16(2)20(26(24,25)19-11-7-4-8-12-19)22-15-18(23)14-21-13-17-9-5-3-6-10-17/h3-12,16,18,20-23H,13-15H2,1-2H3/t18-,20+/m1/s1. The van der Waals surface area contributed by atoms with Crippen molar-refractivity contribution in [1.29, 1.82) is 0 Å². The normalized spacial score (nSPS) is 14.3. The lowest BCUT2D eigenvalue weighted by Crippen LogP contribution is -2.46. The highest BCUT2D eigenvalue weighted by Gasteiger charge is 2.30. The predicted molar refractivity (Wildman–Crippen MR) is 104 cm³/mol. The van der Waals surface area contributed by atoms with Gasteiger partial charge in [-0.3, -0.25) is 5.32 Å². The van der Waals surface area contributed by atoms with Crippen LogP contribution in [0.5, 0.6) is 0 Å². The van der Waals surface area contributed by atoms with Gasteiger partial charge in [0.05, 0.1) is 11.0 Å². The third-order valence-corrected chi connectivity index (χ3v) is 6.43. The molecule has 0 aromatic heterocycles. The van der Waals surface area contributed by atoms with Crippen molar-refractivity contribution in [3.8, 4) is 0 Å². The average molecular weight is 377 g/mol. The second-order valence-electron chi connectivity index (χ2n) is 6.70. The molecule has 26 heavy (non-hydrogen) atoms. The fourth-order valence-corrected chi connectivity index (χ4v) is 4.63. The summed E-state index contributed by atoms with van der Waals surface area (Å²) in [5.74, 6) is -0.121. The van der Waals surface area contributed by atoms with E-state index in [9.17, 15) is 13.5 Å². The van der Waals surface area contributed by atoms with Gasteiger partial charge in [-0.1, -0.05) is 62.4 Å². The van der Waals surface area contributed by atoms with Gasteiger partial charge < -0.3 is 10.4 Å². The van der Waals surface area contributed by atoms with E-state index >= 15 is 0 Å². The maximum atomic E-state index is 12.8. The van der Waals surface area contributed by atoms with Gasteiger partial charge in [-0.2, -0.15) is 0 Å². The van der Waals surface area contributed by atoms with E-state index in [4.69, 9.17) is 0 Å². The van der Waals surface area contributed by atoms with Crippen molar-refractivity contribution in [2.24, 2.45) is 5.92 Å². The van der Waals surface area contributed by atoms with E-state index < -0.39 is 21.3 Å². The molecule has 2 atom stereocenters. The molecule has 2 rings (SSSR count). The molecule has 0 amide bonds. The Balaban J connectivity index is 1.88. The van der Waals surface area contributed by atoms with Crippen LogP contribution in [0, 0.1) is 5.92 Å². The van der Waals surface area contributed by atoms with E-state index in [0.717, 1.165) is 5.56 Å². The summed E-state index contributed by atoms with van der Waals surface area (Å²) in [6.07, 6.45) is -0.675. The quantitative estimate of drug-likeness (QED) is 0.592. The minimum atomic E-state index is -3.50. The van der Waals surface area contributed by atoms with Gasteiger partial charge in [0.25, 0.3) is 0 Å². The maximum Gasteiger partial charge on any atom is 0.194 e. The SMILES string of the molecule is CC(C)[C@@H](NC[C@H](O)CNCc1ccccc1)S(=O)(=O)c1ccccc1. The Morgan fingerprint density at radius 1 is 0.923 bits per heavy atom. The van der Waals surface area contributed by atoms with E-state index in [1.165, 1.54) is 0 Å². The first-order valence-electron chi connectivity index (χ1n) is 8.86. The van der Waals surface area contributed by atoms with Crippen LogP contribution in [-0.4, -0.2) is 38.1 Å². The minimum absolute atomic E-state index is 0.121. The van der Waals surface area contributed by atoms with Crippen LogP contribution in [0.15, 0.2) is 65.6 Å². The van der Waals surface area contributed by atoms with Gasteiger partial charge in [0, 0.05) is 19.6 Å². The number of sulfone groups is 1. The number of rotatable bonds is 10. The van der Waals surface area contributed by atoms with Crippen LogP contribution >= 0.6 is 0 Å². The fourth-order valence-electron chi connectivity index (χ4n) is 2.76. The van der Waals surface area contributed by atoms with Gasteiger partial charge >= 0.3 is 0 Å². The third-order valence-electron chi connectivity index (χ3n) is 4.12. The van der Waals surface area contributed by atoms with Gasteiger partial charge in [-0.15, -0.1) is 0 Å². The molecule has 0 spiro atoms. The minimum Gasteiger partial charge on any atom is -0.390 e. The summed E-state index contributed by atoms with van der Waals surface area (Å²) in [4.78, 5) is 0.294. The molecule has 0 aliphatic carbocycles. The number of nitrogens with one attached hydrogen (secondary N) is 2. The first kappa shape index (κ1) is 20.6. The largest absolute Gasteiger partial charge is 0.390 e. The highest BCUT2D eigenvalue weighted by molar-refractivity contribution is 7.92. The van der Waals surface area contributed by atoms with E-state index in [2.05, 4.69) is 10.6 Å². The van der Waals surface area contributed by atoms with Crippen LogP contribution < -0.4 is 10.6 Å². The summed E-state index contributed by atoms with van der Waals surface area (Å²) in [6.45, 7) is 4.97. The van der Waals surface area contributed by atoms with Crippen LogP contribution in [0.3, 0.4) is 0 Å². The average Bonchev–Trinajstić information content (AvgIpc) is 2.63. The third kappa shape index (κ3) is 5.92. The maximum absolute atomic E-state index is 12.8. The smallest absolute Gasteiger partial charge is 0.194 e. The summed E-state index contributed by atoms with van der Waals surface area (Å²) < 4.78 is 25.7. The van der Waals surface area contributed by atoms with Crippen molar-refractivity contribution < 1.29 is 13.5 Å².